The van der Waals surface area contributed by atoms with Crippen molar-refractivity contribution >= 4 is 10.9 Å². The lowest BCUT2D eigenvalue weighted by Crippen LogP contribution is -2.37. The molecule has 1 aromatic carbocycles. The summed E-state index contributed by atoms with van der Waals surface area (Å²) < 4.78 is 5.99. The van der Waals surface area contributed by atoms with Crippen molar-refractivity contribution in [3.8, 4) is 0 Å². The van der Waals surface area contributed by atoms with Crippen molar-refractivity contribution in [2.75, 3.05) is 13.2 Å². The standard InChI is InChI=1S/C18H26N2O/c1-5-19-17(18(13(3)4)21-6-2)15-11-14-9-7-8-10-16(14)20-12-15/h7-13,17-19H,5-6H2,1-4H3. The fraction of sp³-hybridized carbons (Fsp3) is 0.500. The second kappa shape index (κ2) is 7.53. The molecule has 2 aromatic rings. The Morgan fingerprint density at radius 2 is 1.95 bits per heavy atom. The highest BCUT2D eigenvalue weighted by atomic mass is 16.5. The van der Waals surface area contributed by atoms with Gasteiger partial charge in [-0.25, -0.2) is 0 Å². The number of ether oxygens (including phenoxy) is 1. The molecule has 3 nitrogen and oxygen atoms in total. The minimum Gasteiger partial charge on any atom is -0.376 e. The molecular formula is C18H26N2O. The lowest BCUT2D eigenvalue weighted by Gasteiger charge is -2.31. The summed E-state index contributed by atoms with van der Waals surface area (Å²) in [5, 5.41) is 4.74. The molecule has 0 amide bonds. The van der Waals surface area contributed by atoms with Crippen LogP contribution in [0.5, 0.6) is 0 Å². The van der Waals surface area contributed by atoms with Gasteiger partial charge >= 0.3 is 0 Å². The van der Waals surface area contributed by atoms with E-state index in [4.69, 9.17) is 4.74 Å². The van der Waals surface area contributed by atoms with Gasteiger partial charge in [-0.05, 0) is 37.1 Å². The van der Waals surface area contributed by atoms with Crippen molar-refractivity contribution in [3.63, 3.8) is 0 Å². The fourth-order valence-electron chi connectivity index (χ4n) is 2.77. The number of pyridine rings is 1. The smallest absolute Gasteiger partial charge is 0.0792 e. The number of nitrogens with one attached hydrogen (secondary N) is 1. The number of rotatable bonds is 7. The van der Waals surface area contributed by atoms with E-state index in [0.717, 1.165) is 18.7 Å². The highest BCUT2D eigenvalue weighted by Crippen LogP contribution is 2.26. The van der Waals surface area contributed by atoms with E-state index in [0.29, 0.717) is 5.92 Å². The average molecular weight is 286 g/mol. The Hall–Kier alpha value is -1.45. The van der Waals surface area contributed by atoms with Gasteiger partial charge in [0.2, 0.25) is 0 Å². The fourth-order valence-corrected chi connectivity index (χ4v) is 2.77. The highest BCUT2D eigenvalue weighted by molar-refractivity contribution is 5.78. The van der Waals surface area contributed by atoms with Gasteiger partial charge < -0.3 is 10.1 Å². The number of likely N-dealkylation sites (N-methyl/N-ethyl adjacent to an activating group) is 1. The van der Waals surface area contributed by atoms with E-state index in [-0.39, 0.29) is 12.1 Å². The summed E-state index contributed by atoms with van der Waals surface area (Å²) in [7, 11) is 0. The molecule has 0 bridgehead atoms. The minimum atomic E-state index is 0.151. The maximum absolute atomic E-state index is 5.99. The first-order chi connectivity index (χ1) is 10.2. The minimum absolute atomic E-state index is 0.151. The number of aromatic nitrogens is 1. The van der Waals surface area contributed by atoms with Crippen LogP contribution in [0.2, 0.25) is 0 Å². The van der Waals surface area contributed by atoms with Crippen molar-refractivity contribution in [1.82, 2.24) is 10.3 Å². The third-order valence-electron chi connectivity index (χ3n) is 3.74. The van der Waals surface area contributed by atoms with Crippen molar-refractivity contribution < 1.29 is 4.74 Å². The molecule has 0 saturated carbocycles. The molecule has 1 aromatic heterocycles. The summed E-state index contributed by atoms with van der Waals surface area (Å²) in [5.41, 5.74) is 2.23. The zero-order valence-corrected chi connectivity index (χ0v) is 13.5. The van der Waals surface area contributed by atoms with Crippen LogP contribution >= 0.6 is 0 Å². The van der Waals surface area contributed by atoms with E-state index in [9.17, 15) is 0 Å². The van der Waals surface area contributed by atoms with Crippen molar-refractivity contribution in [2.24, 2.45) is 5.92 Å². The number of nitrogens with zero attached hydrogens (tertiary/aromatic N) is 1. The number of para-hydroxylation sites is 1. The molecule has 21 heavy (non-hydrogen) atoms. The van der Waals surface area contributed by atoms with Gasteiger partial charge in [-0.1, -0.05) is 39.0 Å². The molecule has 0 aliphatic heterocycles. The van der Waals surface area contributed by atoms with Crippen LogP contribution < -0.4 is 5.32 Å². The van der Waals surface area contributed by atoms with Crippen molar-refractivity contribution in [2.45, 2.75) is 39.8 Å². The molecule has 114 valence electrons. The molecule has 0 spiro atoms. The van der Waals surface area contributed by atoms with Crippen LogP contribution in [0, 0.1) is 5.92 Å². The topological polar surface area (TPSA) is 34.2 Å². The van der Waals surface area contributed by atoms with Crippen molar-refractivity contribution in [3.05, 3.63) is 42.1 Å². The van der Waals surface area contributed by atoms with Crippen molar-refractivity contribution in [1.29, 1.82) is 0 Å². The first kappa shape index (κ1) is 15.9. The number of benzene rings is 1. The van der Waals surface area contributed by atoms with Gasteiger partial charge in [0.15, 0.2) is 0 Å². The van der Waals surface area contributed by atoms with Crippen LogP contribution in [0.1, 0.15) is 39.3 Å². The van der Waals surface area contributed by atoms with Crippen LogP contribution in [-0.2, 0) is 4.74 Å². The monoisotopic (exact) mass is 286 g/mol. The largest absolute Gasteiger partial charge is 0.376 e. The Morgan fingerprint density at radius 3 is 2.62 bits per heavy atom. The first-order valence-corrected chi connectivity index (χ1v) is 7.87. The lowest BCUT2D eigenvalue weighted by molar-refractivity contribution is 0.00314. The Bertz CT molecular complexity index is 568. The third kappa shape index (κ3) is 3.80. The van der Waals surface area contributed by atoms with Gasteiger partial charge in [-0.2, -0.15) is 0 Å². The predicted molar refractivity (Wildman–Crippen MR) is 88.4 cm³/mol. The molecule has 1 N–H and O–H groups in total. The molecule has 0 fully saturated rings. The van der Waals surface area contributed by atoms with Crippen LogP contribution in [0.3, 0.4) is 0 Å². The molecule has 0 radical (unpaired) electrons. The van der Waals surface area contributed by atoms with E-state index < -0.39 is 0 Å². The molecule has 2 atom stereocenters. The first-order valence-electron chi connectivity index (χ1n) is 7.87. The molecular weight excluding hydrogens is 260 g/mol. The second-order valence-electron chi connectivity index (χ2n) is 5.66. The van der Waals surface area contributed by atoms with Crippen LogP contribution in [0.15, 0.2) is 36.5 Å². The summed E-state index contributed by atoms with van der Waals surface area (Å²) >= 11 is 0. The second-order valence-corrected chi connectivity index (χ2v) is 5.66. The Balaban J connectivity index is 2.38. The Morgan fingerprint density at radius 1 is 1.19 bits per heavy atom. The maximum atomic E-state index is 5.99. The summed E-state index contributed by atoms with van der Waals surface area (Å²) in [6.45, 7) is 10.2. The van der Waals surface area contributed by atoms with Crippen LogP contribution in [-0.4, -0.2) is 24.2 Å². The Labute approximate surface area is 127 Å². The normalized spacial score (nSPS) is 14.5. The van der Waals surface area contributed by atoms with Gasteiger partial charge in [0.25, 0.3) is 0 Å². The van der Waals surface area contributed by atoms with E-state index in [2.05, 4.69) is 56.2 Å². The zero-order valence-electron chi connectivity index (χ0n) is 13.5. The zero-order chi connectivity index (χ0) is 15.2. The molecule has 0 saturated heterocycles. The van der Waals surface area contributed by atoms with Gasteiger partial charge in [0.1, 0.15) is 0 Å². The van der Waals surface area contributed by atoms with E-state index in [1.807, 2.05) is 18.3 Å². The molecule has 2 rings (SSSR count). The molecule has 0 aliphatic carbocycles. The average Bonchev–Trinajstić information content (AvgIpc) is 2.50. The van der Waals surface area contributed by atoms with Gasteiger partial charge in [0, 0.05) is 18.2 Å². The van der Waals surface area contributed by atoms with Crippen LogP contribution in [0.4, 0.5) is 0 Å². The summed E-state index contributed by atoms with van der Waals surface area (Å²) in [6, 6.07) is 10.6. The summed E-state index contributed by atoms with van der Waals surface area (Å²) in [5.74, 6) is 0.445. The number of hydrogen-bond acceptors (Lipinski definition) is 3. The summed E-state index contributed by atoms with van der Waals surface area (Å²) in [6.07, 6.45) is 2.13. The highest BCUT2D eigenvalue weighted by Gasteiger charge is 2.26. The Kier molecular flexibility index (Phi) is 5.71. The van der Waals surface area contributed by atoms with E-state index >= 15 is 0 Å². The van der Waals surface area contributed by atoms with E-state index in [1.165, 1.54) is 10.9 Å². The molecule has 3 heteroatoms. The van der Waals surface area contributed by atoms with Gasteiger partial charge in [0.05, 0.1) is 17.7 Å². The van der Waals surface area contributed by atoms with Crippen LogP contribution in [0.25, 0.3) is 10.9 Å². The maximum Gasteiger partial charge on any atom is 0.0792 e. The molecule has 1 heterocycles. The van der Waals surface area contributed by atoms with E-state index in [1.54, 1.807) is 0 Å². The number of fused-ring (bicyclic) bond motifs is 1. The predicted octanol–water partition coefficient (Wildman–Crippen LogP) is 3.95. The lowest BCUT2D eigenvalue weighted by atomic mass is 9.93. The number of hydrogen-bond donors (Lipinski definition) is 1. The summed E-state index contributed by atoms with van der Waals surface area (Å²) in [4.78, 5) is 4.59. The quantitative estimate of drug-likeness (QED) is 0.837. The third-order valence-corrected chi connectivity index (χ3v) is 3.74. The van der Waals surface area contributed by atoms with Gasteiger partial charge in [-0.3, -0.25) is 4.98 Å². The van der Waals surface area contributed by atoms with Gasteiger partial charge in [-0.15, -0.1) is 0 Å². The molecule has 2 unspecified atom stereocenters. The molecule has 0 aliphatic rings. The SMILES string of the molecule is CCNC(c1cnc2ccccc2c1)C(OCC)C(C)C.